The minimum absolute atomic E-state index is 0.127. The molecule has 0 bridgehead atoms. The molecule has 0 aliphatic carbocycles. The maximum atomic E-state index is 12.5. The van der Waals surface area contributed by atoms with Crippen molar-refractivity contribution >= 4 is 39.3 Å². The number of carbonyl (C=O) groups excluding carboxylic acids is 1. The number of benzene rings is 1. The molecule has 1 aromatic carbocycles. The second-order valence-corrected chi connectivity index (χ2v) is 5.34. The molecule has 0 aliphatic rings. The van der Waals surface area contributed by atoms with Gasteiger partial charge in [-0.1, -0.05) is 27.5 Å². The lowest BCUT2D eigenvalue weighted by molar-refractivity contribution is -0.137. The van der Waals surface area contributed by atoms with Crippen molar-refractivity contribution in [3.05, 3.63) is 57.2 Å². The molecule has 8 heteroatoms. The maximum absolute atomic E-state index is 12.5. The number of hydrogen-bond donors (Lipinski definition) is 1. The van der Waals surface area contributed by atoms with Crippen LogP contribution >= 0.6 is 27.5 Å². The molecule has 0 spiro atoms. The highest BCUT2D eigenvalue weighted by atomic mass is 79.9. The van der Waals surface area contributed by atoms with Gasteiger partial charge >= 0.3 is 6.18 Å². The van der Waals surface area contributed by atoms with Gasteiger partial charge in [0.1, 0.15) is 0 Å². The Morgan fingerprint density at radius 1 is 1.24 bits per heavy atom. The Bertz CT molecular complexity index is 674. The smallest absolute Gasteiger partial charge is 0.305 e. The number of amides is 1. The van der Waals surface area contributed by atoms with Crippen molar-refractivity contribution in [2.24, 2.45) is 0 Å². The van der Waals surface area contributed by atoms with Gasteiger partial charge in [0.15, 0.2) is 5.82 Å². The van der Waals surface area contributed by atoms with E-state index in [4.69, 9.17) is 11.6 Å². The first kappa shape index (κ1) is 15.8. The van der Waals surface area contributed by atoms with Crippen molar-refractivity contribution in [3.8, 4) is 0 Å². The van der Waals surface area contributed by atoms with Crippen molar-refractivity contribution in [2.75, 3.05) is 5.32 Å². The highest BCUT2D eigenvalue weighted by molar-refractivity contribution is 9.10. The van der Waals surface area contributed by atoms with Crippen molar-refractivity contribution in [1.29, 1.82) is 0 Å². The van der Waals surface area contributed by atoms with E-state index in [1.54, 1.807) is 24.3 Å². The summed E-state index contributed by atoms with van der Waals surface area (Å²) in [5, 5.41) is 2.08. The molecule has 0 saturated heterocycles. The number of halogens is 5. The first-order valence-corrected chi connectivity index (χ1v) is 6.74. The number of anilines is 1. The SMILES string of the molecule is O=C(Nc1ncc(C(F)(F)F)cc1Cl)c1ccc(Br)cc1. The molecule has 0 aliphatic heterocycles. The first-order chi connectivity index (χ1) is 9.77. The molecule has 1 aromatic heterocycles. The highest BCUT2D eigenvalue weighted by Gasteiger charge is 2.31. The van der Waals surface area contributed by atoms with Crippen LogP contribution < -0.4 is 5.32 Å². The van der Waals surface area contributed by atoms with Crippen LogP contribution in [-0.2, 0) is 6.18 Å². The van der Waals surface area contributed by atoms with Gasteiger partial charge in [0.25, 0.3) is 5.91 Å². The van der Waals surface area contributed by atoms with Crippen LogP contribution in [0, 0.1) is 0 Å². The average molecular weight is 380 g/mol. The summed E-state index contributed by atoms with van der Waals surface area (Å²) in [4.78, 5) is 15.4. The Morgan fingerprint density at radius 2 is 1.86 bits per heavy atom. The summed E-state index contributed by atoms with van der Waals surface area (Å²) in [6, 6.07) is 7.15. The predicted octanol–water partition coefficient (Wildman–Crippen LogP) is 4.77. The maximum Gasteiger partial charge on any atom is 0.417 e. The Morgan fingerprint density at radius 3 is 2.38 bits per heavy atom. The topological polar surface area (TPSA) is 42.0 Å². The summed E-state index contributed by atoms with van der Waals surface area (Å²) >= 11 is 8.94. The number of aromatic nitrogens is 1. The summed E-state index contributed by atoms with van der Waals surface area (Å²) in [5.41, 5.74) is -0.648. The van der Waals surface area contributed by atoms with Crippen molar-refractivity contribution < 1.29 is 18.0 Å². The van der Waals surface area contributed by atoms with E-state index in [1.165, 1.54) is 0 Å². The number of hydrogen-bond acceptors (Lipinski definition) is 2. The molecular weight excluding hydrogens is 373 g/mol. The van der Waals surface area contributed by atoms with E-state index in [2.05, 4.69) is 26.2 Å². The van der Waals surface area contributed by atoms with Gasteiger partial charge in [0, 0.05) is 16.2 Å². The minimum Gasteiger partial charge on any atom is -0.305 e. The Balaban J connectivity index is 2.20. The normalized spacial score (nSPS) is 11.3. The lowest BCUT2D eigenvalue weighted by Crippen LogP contribution is -2.14. The number of nitrogens with one attached hydrogen (secondary N) is 1. The van der Waals surface area contributed by atoms with Crippen LogP contribution in [0.4, 0.5) is 19.0 Å². The van der Waals surface area contributed by atoms with Crippen LogP contribution in [0.5, 0.6) is 0 Å². The predicted molar refractivity (Wildman–Crippen MR) is 76.3 cm³/mol. The fourth-order valence-electron chi connectivity index (χ4n) is 1.47. The summed E-state index contributed by atoms with van der Waals surface area (Å²) in [7, 11) is 0. The first-order valence-electron chi connectivity index (χ1n) is 5.57. The number of nitrogens with zero attached hydrogens (tertiary/aromatic N) is 1. The van der Waals surface area contributed by atoms with E-state index in [9.17, 15) is 18.0 Å². The summed E-state index contributed by atoms with van der Waals surface area (Å²) in [6.45, 7) is 0. The van der Waals surface area contributed by atoms with E-state index in [-0.39, 0.29) is 10.8 Å². The number of alkyl halides is 3. The summed E-state index contributed by atoms with van der Waals surface area (Å²) in [6.07, 6.45) is -3.92. The number of pyridine rings is 1. The largest absolute Gasteiger partial charge is 0.417 e. The molecule has 1 heterocycles. The summed E-state index contributed by atoms with van der Waals surface area (Å²) in [5.74, 6) is -0.644. The third kappa shape index (κ3) is 3.95. The molecule has 2 aromatic rings. The third-order valence-electron chi connectivity index (χ3n) is 2.51. The lowest BCUT2D eigenvalue weighted by atomic mass is 10.2. The molecule has 0 fully saturated rings. The Labute approximate surface area is 131 Å². The Kier molecular flexibility index (Phi) is 4.53. The molecular formula is C13H7BrClF3N2O. The Hall–Kier alpha value is -1.60. The van der Waals surface area contributed by atoms with Crippen LogP contribution in [-0.4, -0.2) is 10.9 Å². The molecule has 0 saturated carbocycles. The van der Waals surface area contributed by atoms with Crippen LogP contribution in [0.2, 0.25) is 5.02 Å². The second-order valence-electron chi connectivity index (χ2n) is 4.01. The molecule has 110 valence electrons. The highest BCUT2D eigenvalue weighted by Crippen LogP contribution is 2.32. The van der Waals surface area contributed by atoms with Crippen LogP contribution in [0.1, 0.15) is 15.9 Å². The molecule has 2 rings (SSSR count). The van der Waals surface area contributed by atoms with Crippen molar-refractivity contribution in [2.45, 2.75) is 6.18 Å². The zero-order valence-corrected chi connectivity index (χ0v) is 12.6. The molecule has 1 amide bonds. The van der Waals surface area contributed by atoms with Gasteiger partial charge in [0.2, 0.25) is 0 Å². The molecule has 21 heavy (non-hydrogen) atoms. The lowest BCUT2D eigenvalue weighted by Gasteiger charge is -2.10. The fourth-order valence-corrected chi connectivity index (χ4v) is 1.94. The monoisotopic (exact) mass is 378 g/mol. The van der Waals surface area contributed by atoms with Gasteiger partial charge in [-0.2, -0.15) is 13.2 Å². The van der Waals surface area contributed by atoms with Crippen LogP contribution in [0.15, 0.2) is 41.0 Å². The second kappa shape index (κ2) is 6.03. The van der Waals surface area contributed by atoms with Crippen molar-refractivity contribution in [3.63, 3.8) is 0 Å². The average Bonchev–Trinajstić information content (AvgIpc) is 2.40. The van der Waals surface area contributed by atoms with E-state index < -0.39 is 17.6 Å². The number of carbonyl (C=O) groups is 1. The quantitative estimate of drug-likeness (QED) is 0.817. The van der Waals surface area contributed by atoms with Gasteiger partial charge < -0.3 is 5.32 Å². The number of rotatable bonds is 2. The van der Waals surface area contributed by atoms with Gasteiger partial charge in [-0.15, -0.1) is 0 Å². The van der Waals surface area contributed by atoms with E-state index in [1.807, 2.05) is 0 Å². The molecule has 0 atom stereocenters. The zero-order valence-electron chi connectivity index (χ0n) is 10.2. The molecule has 0 radical (unpaired) electrons. The van der Waals surface area contributed by atoms with Crippen molar-refractivity contribution in [1.82, 2.24) is 4.98 Å². The van der Waals surface area contributed by atoms with Gasteiger partial charge in [0.05, 0.1) is 10.6 Å². The minimum atomic E-state index is -4.54. The zero-order chi connectivity index (χ0) is 15.6. The standard InChI is InChI=1S/C13H7BrClF3N2O/c14-9-3-1-7(2-4-9)12(21)20-11-10(15)5-8(6-19-11)13(16,17)18/h1-6H,(H,19,20,21). The third-order valence-corrected chi connectivity index (χ3v) is 3.32. The van der Waals surface area contributed by atoms with Crippen LogP contribution in [0.3, 0.4) is 0 Å². The van der Waals surface area contributed by atoms with Gasteiger partial charge in [-0.05, 0) is 30.3 Å². The molecule has 1 N–H and O–H groups in total. The van der Waals surface area contributed by atoms with E-state index >= 15 is 0 Å². The fraction of sp³-hybridized carbons (Fsp3) is 0.0769. The molecule has 0 unspecified atom stereocenters. The van der Waals surface area contributed by atoms with Gasteiger partial charge in [-0.3, -0.25) is 4.79 Å². The van der Waals surface area contributed by atoms with E-state index in [0.29, 0.717) is 17.8 Å². The molecule has 3 nitrogen and oxygen atoms in total. The summed E-state index contributed by atoms with van der Waals surface area (Å²) < 4.78 is 38.2. The van der Waals surface area contributed by atoms with E-state index in [0.717, 1.165) is 4.47 Å². The van der Waals surface area contributed by atoms with Crippen LogP contribution in [0.25, 0.3) is 0 Å². The van der Waals surface area contributed by atoms with Gasteiger partial charge in [-0.25, -0.2) is 4.98 Å².